The van der Waals surface area contributed by atoms with E-state index in [2.05, 4.69) is 10.3 Å². The average Bonchev–Trinajstić information content (AvgIpc) is 2.61. The Labute approximate surface area is 151 Å². The minimum atomic E-state index is -4.37. The van der Waals surface area contributed by atoms with Gasteiger partial charge in [-0.05, 0) is 49.2 Å². The van der Waals surface area contributed by atoms with E-state index in [0.717, 1.165) is 25.0 Å². The van der Waals surface area contributed by atoms with Gasteiger partial charge >= 0.3 is 6.18 Å². The first-order valence-electron chi connectivity index (χ1n) is 8.54. The number of carbonyl (C=O) groups is 1. The summed E-state index contributed by atoms with van der Waals surface area (Å²) in [5, 5.41) is 2.93. The zero-order chi connectivity index (χ0) is 19.2. The van der Waals surface area contributed by atoms with Crippen molar-refractivity contribution in [1.82, 2.24) is 9.88 Å². The van der Waals surface area contributed by atoms with E-state index in [1.807, 2.05) is 13.8 Å². The monoisotopic (exact) mass is 365 g/mol. The van der Waals surface area contributed by atoms with Crippen molar-refractivity contribution in [3.63, 3.8) is 0 Å². The Morgan fingerprint density at radius 1 is 1.08 bits per heavy atom. The lowest BCUT2D eigenvalue weighted by atomic mass is 10.2. The summed E-state index contributed by atoms with van der Waals surface area (Å²) in [4.78, 5) is 18.6. The van der Waals surface area contributed by atoms with Gasteiger partial charge < -0.3 is 10.2 Å². The number of hydrogen-bond acceptors (Lipinski definition) is 3. The first-order chi connectivity index (χ1) is 12.3. The number of aromatic nitrogens is 1. The highest BCUT2D eigenvalue weighted by Crippen LogP contribution is 2.30. The summed E-state index contributed by atoms with van der Waals surface area (Å²) in [5.74, 6) is 0.329. The summed E-state index contributed by atoms with van der Waals surface area (Å²) >= 11 is 0. The molecule has 0 saturated carbocycles. The molecule has 0 unspecified atom stereocenters. The first kappa shape index (κ1) is 19.8. The van der Waals surface area contributed by atoms with Crippen LogP contribution in [0.5, 0.6) is 0 Å². The average molecular weight is 365 g/mol. The van der Waals surface area contributed by atoms with Crippen LogP contribution in [0.2, 0.25) is 0 Å². The second-order valence-electron chi connectivity index (χ2n) is 5.92. The molecular weight excluding hydrogens is 343 g/mol. The van der Waals surface area contributed by atoms with Crippen molar-refractivity contribution in [2.75, 3.05) is 18.4 Å². The van der Waals surface area contributed by atoms with E-state index in [1.54, 1.807) is 17.0 Å². The van der Waals surface area contributed by atoms with Gasteiger partial charge in [-0.2, -0.15) is 13.2 Å². The third-order valence-corrected chi connectivity index (χ3v) is 3.77. The van der Waals surface area contributed by atoms with Gasteiger partial charge in [-0.15, -0.1) is 0 Å². The highest BCUT2D eigenvalue weighted by molar-refractivity contribution is 5.95. The molecule has 0 bridgehead atoms. The van der Waals surface area contributed by atoms with Crippen molar-refractivity contribution < 1.29 is 18.0 Å². The van der Waals surface area contributed by atoms with Crippen LogP contribution in [-0.4, -0.2) is 28.9 Å². The molecule has 1 aromatic carbocycles. The van der Waals surface area contributed by atoms with E-state index >= 15 is 0 Å². The summed E-state index contributed by atoms with van der Waals surface area (Å²) in [6.07, 6.45) is -1.12. The molecule has 1 aromatic heterocycles. The van der Waals surface area contributed by atoms with Crippen LogP contribution in [0, 0.1) is 0 Å². The number of amides is 1. The Kier molecular flexibility index (Phi) is 6.60. The van der Waals surface area contributed by atoms with Gasteiger partial charge in [0.25, 0.3) is 5.91 Å². The molecule has 1 heterocycles. The molecule has 2 aromatic rings. The molecule has 0 radical (unpaired) electrons. The molecule has 26 heavy (non-hydrogen) atoms. The standard InChI is InChI=1S/C19H22F3N3O/c1-3-11-25(12-4-2)18(26)14-9-10-23-17(13-14)24-16-7-5-15(6-8-16)19(20,21)22/h5-10,13H,3-4,11-12H2,1-2H3,(H,23,24). The molecule has 1 N–H and O–H groups in total. The van der Waals surface area contributed by atoms with Gasteiger partial charge in [-0.25, -0.2) is 4.98 Å². The van der Waals surface area contributed by atoms with Crippen molar-refractivity contribution in [1.29, 1.82) is 0 Å². The number of rotatable bonds is 7. The second kappa shape index (κ2) is 8.69. The van der Waals surface area contributed by atoms with Crippen molar-refractivity contribution in [2.24, 2.45) is 0 Å². The molecule has 0 aliphatic rings. The molecule has 4 nitrogen and oxygen atoms in total. The van der Waals surface area contributed by atoms with Gasteiger partial charge in [-0.3, -0.25) is 4.79 Å². The van der Waals surface area contributed by atoms with Gasteiger partial charge in [0.1, 0.15) is 5.82 Å². The van der Waals surface area contributed by atoms with E-state index in [-0.39, 0.29) is 5.91 Å². The number of pyridine rings is 1. The number of anilines is 2. The van der Waals surface area contributed by atoms with Gasteiger partial charge in [0.2, 0.25) is 0 Å². The maximum Gasteiger partial charge on any atom is 0.416 e. The molecule has 0 atom stereocenters. The van der Waals surface area contributed by atoms with Gasteiger partial charge in [0, 0.05) is 30.5 Å². The van der Waals surface area contributed by atoms with Crippen molar-refractivity contribution in [3.8, 4) is 0 Å². The van der Waals surface area contributed by atoms with Gasteiger partial charge in [0.05, 0.1) is 5.56 Å². The van der Waals surface area contributed by atoms with Crippen LogP contribution in [0.15, 0.2) is 42.6 Å². The number of nitrogens with zero attached hydrogens (tertiary/aromatic N) is 2. The third kappa shape index (κ3) is 5.21. The van der Waals surface area contributed by atoms with E-state index in [9.17, 15) is 18.0 Å². The maximum atomic E-state index is 12.6. The second-order valence-corrected chi connectivity index (χ2v) is 5.92. The van der Waals surface area contributed by atoms with Gasteiger partial charge in [0.15, 0.2) is 0 Å². The van der Waals surface area contributed by atoms with E-state index < -0.39 is 11.7 Å². The van der Waals surface area contributed by atoms with Crippen LogP contribution in [0.4, 0.5) is 24.7 Å². The highest BCUT2D eigenvalue weighted by Gasteiger charge is 2.29. The molecule has 140 valence electrons. The summed E-state index contributed by atoms with van der Waals surface area (Å²) in [5.41, 5.74) is 0.250. The zero-order valence-electron chi connectivity index (χ0n) is 14.8. The molecule has 2 rings (SSSR count). The summed E-state index contributed by atoms with van der Waals surface area (Å²) in [6, 6.07) is 7.92. The Morgan fingerprint density at radius 3 is 2.23 bits per heavy atom. The SMILES string of the molecule is CCCN(CCC)C(=O)c1ccnc(Nc2ccc(C(F)(F)F)cc2)c1. The van der Waals surface area contributed by atoms with Crippen LogP contribution in [0.1, 0.15) is 42.6 Å². The lowest BCUT2D eigenvalue weighted by Crippen LogP contribution is -2.32. The normalized spacial score (nSPS) is 11.3. The molecule has 0 fully saturated rings. The lowest BCUT2D eigenvalue weighted by Gasteiger charge is -2.21. The molecule has 0 aliphatic carbocycles. The maximum absolute atomic E-state index is 12.6. The Bertz CT molecular complexity index is 724. The number of benzene rings is 1. The van der Waals surface area contributed by atoms with Crippen molar-refractivity contribution >= 4 is 17.4 Å². The fourth-order valence-corrected chi connectivity index (χ4v) is 2.56. The number of nitrogens with one attached hydrogen (secondary N) is 1. The fraction of sp³-hybridized carbons (Fsp3) is 0.368. The van der Waals surface area contributed by atoms with Crippen LogP contribution >= 0.6 is 0 Å². The first-order valence-corrected chi connectivity index (χ1v) is 8.54. The third-order valence-electron chi connectivity index (χ3n) is 3.77. The number of hydrogen-bond donors (Lipinski definition) is 1. The van der Waals surface area contributed by atoms with E-state index in [0.29, 0.717) is 30.2 Å². The van der Waals surface area contributed by atoms with Crippen LogP contribution in [0.25, 0.3) is 0 Å². The van der Waals surface area contributed by atoms with Crippen LogP contribution in [0.3, 0.4) is 0 Å². The molecule has 0 saturated heterocycles. The summed E-state index contributed by atoms with van der Waals surface area (Å²) in [7, 11) is 0. The molecule has 0 spiro atoms. The van der Waals surface area contributed by atoms with Crippen LogP contribution in [-0.2, 0) is 6.18 Å². The Hall–Kier alpha value is -2.57. The zero-order valence-corrected chi connectivity index (χ0v) is 14.8. The lowest BCUT2D eigenvalue weighted by molar-refractivity contribution is -0.137. The predicted octanol–water partition coefficient (Wildman–Crippen LogP) is 5.11. The van der Waals surface area contributed by atoms with Crippen molar-refractivity contribution in [3.05, 3.63) is 53.7 Å². The molecule has 0 aliphatic heterocycles. The Morgan fingerprint density at radius 2 is 1.69 bits per heavy atom. The molecule has 7 heteroatoms. The topological polar surface area (TPSA) is 45.2 Å². The quantitative estimate of drug-likeness (QED) is 0.742. The summed E-state index contributed by atoms with van der Waals surface area (Å²) in [6.45, 7) is 5.38. The molecular formula is C19H22F3N3O. The predicted molar refractivity (Wildman–Crippen MR) is 95.4 cm³/mol. The van der Waals surface area contributed by atoms with E-state index in [4.69, 9.17) is 0 Å². The van der Waals surface area contributed by atoms with Crippen LogP contribution < -0.4 is 5.32 Å². The molecule has 1 amide bonds. The fourth-order valence-electron chi connectivity index (χ4n) is 2.56. The van der Waals surface area contributed by atoms with Crippen molar-refractivity contribution in [2.45, 2.75) is 32.9 Å². The number of halogens is 3. The number of carbonyl (C=O) groups excluding carboxylic acids is 1. The van der Waals surface area contributed by atoms with Gasteiger partial charge in [-0.1, -0.05) is 13.8 Å². The largest absolute Gasteiger partial charge is 0.416 e. The smallest absolute Gasteiger partial charge is 0.340 e. The Balaban J connectivity index is 2.14. The minimum absolute atomic E-state index is 0.0773. The highest BCUT2D eigenvalue weighted by atomic mass is 19.4. The van der Waals surface area contributed by atoms with E-state index in [1.165, 1.54) is 18.3 Å². The minimum Gasteiger partial charge on any atom is -0.340 e. The summed E-state index contributed by atoms with van der Waals surface area (Å²) < 4.78 is 37.8. The number of alkyl halides is 3.